The lowest BCUT2D eigenvalue weighted by Gasteiger charge is -2.06. The first-order valence-electron chi connectivity index (χ1n) is 4.52. The molecule has 88 valence electrons. The van der Waals surface area contributed by atoms with Crippen LogP contribution in [0.4, 0.5) is 5.95 Å². The maximum Gasteiger partial charge on any atom is 0.354 e. The van der Waals surface area contributed by atoms with Gasteiger partial charge >= 0.3 is 5.97 Å². The molecule has 0 aromatic carbocycles. The normalized spacial score (nSPS) is 10.4. The smallest absolute Gasteiger partial charge is 0.354 e. The van der Waals surface area contributed by atoms with Crippen molar-refractivity contribution in [2.45, 2.75) is 0 Å². The molecule has 2 aromatic heterocycles. The second kappa shape index (κ2) is 3.74. The molecule has 2 rings (SSSR count). The molecular weight excluding hydrogens is 226 g/mol. The molecule has 8 nitrogen and oxygen atoms in total. The van der Waals surface area contributed by atoms with Gasteiger partial charge in [-0.05, 0) is 0 Å². The van der Waals surface area contributed by atoms with Crippen molar-refractivity contribution >= 4 is 23.5 Å². The van der Waals surface area contributed by atoms with Crippen molar-refractivity contribution in [3.63, 3.8) is 0 Å². The number of aromatic carboxylic acids is 1. The number of fused-ring (bicyclic) bond motifs is 1. The van der Waals surface area contributed by atoms with E-state index < -0.39 is 5.97 Å². The van der Waals surface area contributed by atoms with Crippen molar-refractivity contribution in [2.24, 2.45) is 0 Å². The molecule has 0 aliphatic heterocycles. The molecule has 17 heavy (non-hydrogen) atoms. The fraction of sp³-hybridized carbons (Fsp3) is 0.111. The van der Waals surface area contributed by atoms with Crippen LogP contribution in [0, 0.1) is 0 Å². The van der Waals surface area contributed by atoms with E-state index in [9.17, 15) is 4.79 Å². The summed E-state index contributed by atoms with van der Waals surface area (Å²) in [7, 11) is 1.41. The second-order valence-electron chi connectivity index (χ2n) is 3.14. The number of nitrogens with two attached hydrogens (primary N) is 1. The highest BCUT2D eigenvalue weighted by atomic mass is 16.5. The minimum absolute atomic E-state index is 0.00908. The minimum atomic E-state index is -1.18. The summed E-state index contributed by atoms with van der Waals surface area (Å²) in [6.07, 6.45) is 0. The van der Waals surface area contributed by atoms with Gasteiger partial charge in [-0.1, -0.05) is 6.58 Å². The van der Waals surface area contributed by atoms with E-state index in [1.807, 2.05) is 0 Å². The van der Waals surface area contributed by atoms with Crippen LogP contribution in [0.3, 0.4) is 0 Å². The number of hydrogen-bond donors (Lipinski definition) is 2. The lowest BCUT2D eigenvalue weighted by atomic mass is 10.3. The zero-order valence-electron chi connectivity index (χ0n) is 8.91. The van der Waals surface area contributed by atoms with Gasteiger partial charge in [0.15, 0.2) is 5.69 Å². The molecule has 0 radical (unpaired) electrons. The highest BCUT2D eigenvalue weighted by Crippen LogP contribution is 2.15. The fourth-order valence-corrected chi connectivity index (χ4v) is 1.30. The van der Waals surface area contributed by atoms with Gasteiger partial charge in [0.05, 0.1) is 7.11 Å². The number of aromatic nitrogens is 4. The van der Waals surface area contributed by atoms with Crippen molar-refractivity contribution in [1.82, 2.24) is 19.6 Å². The Morgan fingerprint density at radius 3 is 2.88 bits per heavy atom. The second-order valence-corrected chi connectivity index (χ2v) is 3.14. The lowest BCUT2D eigenvalue weighted by molar-refractivity contribution is 0.0690. The van der Waals surface area contributed by atoms with Crippen molar-refractivity contribution in [3.8, 4) is 0 Å². The van der Waals surface area contributed by atoms with Crippen LogP contribution in [0.25, 0.3) is 11.5 Å². The first-order valence-corrected chi connectivity index (χ1v) is 4.52. The Bertz CT molecular complexity index is 618. The first kappa shape index (κ1) is 10.9. The third kappa shape index (κ3) is 1.75. The SMILES string of the molecule is C=C(OC)c1cc(C(=O)O)nc2nc(N)nn12. The van der Waals surface area contributed by atoms with Crippen LogP contribution < -0.4 is 5.73 Å². The Labute approximate surface area is 95.4 Å². The fourth-order valence-electron chi connectivity index (χ4n) is 1.30. The topological polar surface area (TPSA) is 116 Å². The molecular formula is C9H9N5O3. The van der Waals surface area contributed by atoms with E-state index in [1.165, 1.54) is 17.7 Å². The molecule has 2 aromatic rings. The maximum atomic E-state index is 10.9. The zero-order chi connectivity index (χ0) is 12.6. The van der Waals surface area contributed by atoms with E-state index in [0.717, 1.165) is 0 Å². The van der Waals surface area contributed by atoms with Crippen LogP contribution in [0.15, 0.2) is 12.6 Å². The molecule has 0 aliphatic carbocycles. The summed E-state index contributed by atoms with van der Waals surface area (Å²) in [5.41, 5.74) is 5.58. The molecule has 8 heteroatoms. The third-order valence-electron chi connectivity index (χ3n) is 2.08. The van der Waals surface area contributed by atoms with Gasteiger partial charge in [0, 0.05) is 6.07 Å². The number of ether oxygens (including phenoxy) is 1. The predicted octanol–water partition coefficient (Wildman–Crippen LogP) is 0.0218. The number of anilines is 1. The first-order chi connectivity index (χ1) is 8.02. The van der Waals surface area contributed by atoms with E-state index in [2.05, 4.69) is 21.6 Å². The molecule has 0 bridgehead atoms. The van der Waals surface area contributed by atoms with E-state index in [-0.39, 0.29) is 23.2 Å². The number of nitrogen functional groups attached to an aromatic ring is 1. The number of methoxy groups -OCH3 is 1. The summed E-state index contributed by atoms with van der Waals surface area (Å²) in [4.78, 5) is 18.5. The van der Waals surface area contributed by atoms with E-state index in [4.69, 9.17) is 15.6 Å². The van der Waals surface area contributed by atoms with Crippen molar-refractivity contribution in [1.29, 1.82) is 0 Å². The summed E-state index contributed by atoms with van der Waals surface area (Å²) in [6, 6.07) is 1.29. The number of carbonyl (C=O) groups is 1. The summed E-state index contributed by atoms with van der Waals surface area (Å²) >= 11 is 0. The van der Waals surface area contributed by atoms with Crippen LogP contribution in [0.2, 0.25) is 0 Å². The maximum absolute atomic E-state index is 10.9. The average molecular weight is 235 g/mol. The zero-order valence-corrected chi connectivity index (χ0v) is 8.91. The van der Waals surface area contributed by atoms with Crippen molar-refractivity contribution in [3.05, 3.63) is 24.0 Å². The summed E-state index contributed by atoms with van der Waals surface area (Å²) in [5, 5.41) is 12.8. The highest BCUT2D eigenvalue weighted by Gasteiger charge is 2.15. The van der Waals surface area contributed by atoms with Gasteiger partial charge in [-0.2, -0.15) is 9.50 Å². The Kier molecular flexibility index (Phi) is 2.39. The van der Waals surface area contributed by atoms with Crippen molar-refractivity contribution in [2.75, 3.05) is 12.8 Å². The Hall–Kier alpha value is -2.64. The summed E-state index contributed by atoms with van der Waals surface area (Å²) in [5.74, 6) is -0.871. The number of carboxylic acid groups (broad SMARTS) is 1. The van der Waals surface area contributed by atoms with Gasteiger partial charge < -0.3 is 15.6 Å². The van der Waals surface area contributed by atoms with Gasteiger partial charge in [-0.3, -0.25) is 0 Å². The van der Waals surface area contributed by atoms with Gasteiger partial charge in [0.2, 0.25) is 5.95 Å². The Morgan fingerprint density at radius 2 is 2.29 bits per heavy atom. The van der Waals surface area contributed by atoms with Gasteiger partial charge in [-0.15, -0.1) is 5.10 Å². The molecule has 0 atom stereocenters. The number of carboxylic acids is 1. The molecule has 0 aliphatic rings. The molecule has 0 saturated carbocycles. The van der Waals surface area contributed by atoms with Crippen molar-refractivity contribution < 1.29 is 14.6 Å². The van der Waals surface area contributed by atoms with E-state index >= 15 is 0 Å². The molecule has 2 heterocycles. The molecule has 0 unspecified atom stereocenters. The monoisotopic (exact) mass is 235 g/mol. The molecule has 0 fully saturated rings. The van der Waals surface area contributed by atoms with Crippen LogP contribution in [-0.4, -0.2) is 37.8 Å². The minimum Gasteiger partial charge on any atom is -0.495 e. The average Bonchev–Trinajstić information content (AvgIpc) is 2.66. The van der Waals surface area contributed by atoms with Crippen LogP contribution in [0.1, 0.15) is 16.2 Å². The third-order valence-corrected chi connectivity index (χ3v) is 2.08. The standard InChI is InChI=1S/C9H9N5O3/c1-4(17-2)6-3-5(7(15)16)11-9-12-8(10)13-14(6)9/h3H,1H2,2H3,(H2,10,13)(H,15,16). The predicted molar refractivity (Wildman–Crippen MR) is 58.2 cm³/mol. The molecule has 3 N–H and O–H groups in total. The molecule has 0 saturated heterocycles. The van der Waals surface area contributed by atoms with Gasteiger partial charge in [0.1, 0.15) is 11.5 Å². The Morgan fingerprint density at radius 1 is 1.59 bits per heavy atom. The highest BCUT2D eigenvalue weighted by molar-refractivity contribution is 5.86. The number of hydrogen-bond acceptors (Lipinski definition) is 6. The quantitative estimate of drug-likeness (QED) is 0.720. The lowest BCUT2D eigenvalue weighted by Crippen LogP contribution is -2.08. The summed E-state index contributed by atoms with van der Waals surface area (Å²) in [6.45, 7) is 3.63. The molecule has 0 spiro atoms. The van der Waals surface area contributed by atoms with Crippen LogP contribution >= 0.6 is 0 Å². The largest absolute Gasteiger partial charge is 0.495 e. The van der Waals surface area contributed by atoms with Gasteiger partial charge in [0.25, 0.3) is 5.78 Å². The van der Waals surface area contributed by atoms with E-state index in [1.54, 1.807) is 0 Å². The number of nitrogens with zero attached hydrogens (tertiary/aromatic N) is 4. The number of rotatable bonds is 3. The summed E-state index contributed by atoms with van der Waals surface area (Å²) < 4.78 is 6.22. The van der Waals surface area contributed by atoms with E-state index in [0.29, 0.717) is 5.69 Å². The van der Waals surface area contributed by atoms with Crippen LogP contribution in [0.5, 0.6) is 0 Å². The van der Waals surface area contributed by atoms with Gasteiger partial charge in [-0.25, -0.2) is 9.78 Å². The van der Waals surface area contributed by atoms with Crippen LogP contribution in [-0.2, 0) is 4.74 Å². The Balaban J connectivity index is 2.77. The molecule has 0 amide bonds.